The van der Waals surface area contributed by atoms with Gasteiger partial charge in [0, 0.05) is 75.5 Å². The molecule has 0 aromatic rings. The summed E-state index contributed by atoms with van der Waals surface area (Å²) in [5, 5.41) is 0. The molecular weight excluding hydrogens is 380 g/mol. The smallest absolute Gasteiger partial charge is 0 e. The maximum absolute atomic E-state index is 2.19. The van der Waals surface area contributed by atoms with Crippen LogP contribution in [-0.4, -0.2) is 0 Å². The molecule has 2 heteroatoms. The van der Waals surface area contributed by atoms with Crippen molar-refractivity contribution in [3.05, 3.63) is 0 Å². The Balaban J connectivity index is -0.00000000965. The molecule has 0 heterocycles. The van der Waals surface area contributed by atoms with Gasteiger partial charge in [0.2, 0.25) is 0 Å². The molecule has 0 nitrogen and oxygen atoms in total. The zero-order chi connectivity index (χ0) is 23.0. The van der Waals surface area contributed by atoms with Gasteiger partial charge in [-0.15, -0.1) is 0 Å². The summed E-state index contributed by atoms with van der Waals surface area (Å²) in [4.78, 5) is 0. The number of hydrogen-bond acceptors (Lipinski definition) is 0. The normalized spacial score (nSPS) is 6.00. The van der Waals surface area contributed by atoms with Crippen molar-refractivity contribution in [2.45, 2.75) is 160 Å². The van der Waals surface area contributed by atoms with Crippen LogP contribution in [-0.2, 0) is 0 Å². The first-order valence-electron chi connectivity index (χ1n) is 11.0. The average molecular weight is 451 g/mol. The minimum Gasteiger partial charge on any atom is -0.0776 e. The molecule has 0 radical (unpaired) electrons. The predicted octanol–water partition coefficient (Wildman–Crippen LogP) is 11.9. The van der Waals surface area contributed by atoms with Crippen LogP contribution >= 0.6 is 0 Å². The summed E-state index contributed by atoms with van der Waals surface area (Å²) in [7, 11) is 0. The first-order valence-corrected chi connectivity index (χ1v) is 11.0. The standard InChI is InChI=1S/2C5H12.7C2H6.CH4.2Ar/c2*1-5(2,3)4;7*1-2;;;/h2*1-4H3;7*1-2H3;1H4;;. The van der Waals surface area contributed by atoms with E-state index in [1.807, 2.05) is 96.9 Å². The molecule has 0 saturated carbocycles. The maximum atomic E-state index is 2.19. The maximum Gasteiger partial charge on any atom is 0 e. The fourth-order valence-corrected chi connectivity index (χ4v) is 0. The summed E-state index contributed by atoms with van der Waals surface area (Å²) in [6, 6.07) is 0. The van der Waals surface area contributed by atoms with E-state index in [9.17, 15) is 0 Å². The monoisotopic (exact) mass is 450 g/mol. The largest absolute Gasteiger partial charge is 0.0776 e. The molecule has 0 saturated heterocycles. The van der Waals surface area contributed by atoms with Gasteiger partial charge in [0.05, 0.1) is 0 Å². The predicted molar refractivity (Wildman–Crippen MR) is 136 cm³/mol. The van der Waals surface area contributed by atoms with Crippen molar-refractivity contribution in [2.75, 3.05) is 0 Å². The Morgan fingerprint density at radius 2 is 0.259 bits per heavy atom. The van der Waals surface area contributed by atoms with Crippen LogP contribution in [0.25, 0.3) is 0 Å². The van der Waals surface area contributed by atoms with Crippen LogP contribution in [0.3, 0.4) is 0 Å². The van der Waals surface area contributed by atoms with E-state index in [4.69, 9.17) is 0 Å². The molecule has 0 aromatic heterocycles. The Labute approximate surface area is 243 Å². The molecule has 0 spiro atoms. The van der Waals surface area contributed by atoms with E-state index in [1.54, 1.807) is 0 Å². The minimum atomic E-state index is 0. The Kier molecular flexibility index (Phi) is 297. The van der Waals surface area contributed by atoms with E-state index >= 15 is 0 Å². The van der Waals surface area contributed by atoms with Gasteiger partial charge in [-0.25, -0.2) is 0 Å². The van der Waals surface area contributed by atoms with Crippen LogP contribution in [0.2, 0.25) is 0 Å². The molecule has 0 atom stereocenters. The number of rotatable bonds is 0. The van der Waals surface area contributed by atoms with Gasteiger partial charge in [-0.2, -0.15) is 0 Å². The van der Waals surface area contributed by atoms with Crippen molar-refractivity contribution in [1.82, 2.24) is 0 Å². The molecule has 0 amide bonds. The summed E-state index contributed by atoms with van der Waals surface area (Å²) in [5.74, 6) is 0. The Bertz CT molecular complexity index is 53.3. The third kappa shape index (κ3) is 3160. The quantitative estimate of drug-likeness (QED) is 0.344. The molecule has 27 heavy (non-hydrogen) atoms. The second kappa shape index (κ2) is 102. The van der Waals surface area contributed by atoms with Gasteiger partial charge >= 0.3 is 0 Å². The molecule has 0 aliphatic rings. The van der Waals surface area contributed by atoms with Crippen LogP contribution in [0.5, 0.6) is 0 Å². The third-order valence-electron chi connectivity index (χ3n) is 0. The van der Waals surface area contributed by atoms with E-state index < -0.39 is 0 Å². The molecule has 0 rings (SSSR count). The van der Waals surface area contributed by atoms with Gasteiger partial charge in [-0.1, -0.05) is 160 Å². The zero-order valence-electron chi connectivity index (χ0n) is 23.7. The van der Waals surface area contributed by atoms with E-state index in [0.717, 1.165) is 0 Å². The van der Waals surface area contributed by atoms with E-state index in [2.05, 4.69) is 55.4 Å². The first kappa shape index (κ1) is 78.2. The summed E-state index contributed by atoms with van der Waals surface area (Å²) in [5.41, 5.74) is 1.00. The molecular formula is C25H70Ar2. The summed E-state index contributed by atoms with van der Waals surface area (Å²) in [6.45, 7) is 45.5. The van der Waals surface area contributed by atoms with Crippen molar-refractivity contribution < 1.29 is 75.5 Å². The van der Waals surface area contributed by atoms with Gasteiger partial charge in [0.15, 0.2) is 0 Å². The molecule has 0 fully saturated rings. The van der Waals surface area contributed by atoms with Crippen molar-refractivity contribution in [3.63, 3.8) is 0 Å². The van der Waals surface area contributed by atoms with Crippen molar-refractivity contribution in [3.8, 4) is 0 Å². The van der Waals surface area contributed by atoms with Gasteiger partial charge < -0.3 is 0 Å². The average Bonchev–Trinajstić information content (AvgIpc) is 2.57. The zero-order valence-corrected chi connectivity index (χ0v) is 25.1. The Morgan fingerprint density at radius 1 is 0.259 bits per heavy atom. The van der Waals surface area contributed by atoms with Crippen LogP contribution in [0.4, 0.5) is 0 Å². The molecule has 0 aliphatic heterocycles. The fraction of sp³-hybridized carbons (Fsp3) is 1.00. The summed E-state index contributed by atoms with van der Waals surface area (Å²) < 4.78 is 0. The van der Waals surface area contributed by atoms with Crippen LogP contribution in [0, 0.1) is 86.3 Å². The minimum absolute atomic E-state index is 0. The Hall–Kier alpha value is 2.52. The van der Waals surface area contributed by atoms with Crippen LogP contribution in [0.15, 0.2) is 0 Å². The van der Waals surface area contributed by atoms with E-state index in [0.29, 0.717) is 10.8 Å². The fourth-order valence-electron chi connectivity index (χ4n) is 0. The van der Waals surface area contributed by atoms with Gasteiger partial charge in [0.25, 0.3) is 0 Å². The molecule has 0 N–H and O–H groups in total. The molecule has 0 bridgehead atoms. The first-order chi connectivity index (χ1) is 11.0. The van der Waals surface area contributed by atoms with Crippen molar-refractivity contribution in [2.24, 2.45) is 10.8 Å². The second-order valence-corrected chi connectivity index (χ2v) is 6.00. The molecule has 0 aromatic carbocycles. The summed E-state index contributed by atoms with van der Waals surface area (Å²) >= 11 is 0. The third-order valence-corrected chi connectivity index (χ3v) is 0. The molecule has 186 valence electrons. The van der Waals surface area contributed by atoms with Gasteiger partial charge in [0.1, 0.15) is 0 Å². The van der Waals surface area contributed by atoms with E-state index in [-0.39, 0.29) is 82.9 Å². The van der Waals surface area contributed by atoms with Gasteiger partial charge in [-0.3, -0.25) is 0 Å². The Morgan fingerprint density at radius 3 is 0.259 bits per heavy atom. The van der Waals surface area contributed by atoms with Gasteiger partial charge in [-0.05, 0) is 10.8 Å². The van der Waals surface area contributed by atoms with E-state index in [1.165, 1.54) is 0 Å². The molecule has 0 unspecified atom stereocenters. The topological polar surface area (TPSA) is 0 Å². The summed E-state index contributed by atoms with van der Waals surface area (Å²) in [6.07, 6.45) is 0. The SMILES string of the molecule is C.CC.CC.CC.CC.CC.CC.CC.CC(C)(C)C.CC(C)(C)C.[Ar].[Ar]. The van der Waals surface area contributed by atoms with Crippen LogP contribution < -0.4 is 0 Å². The second-order valence-electron chi connectivity index (χ2n) is 6.00. The van der Waals surface area contributed by atoms with Crippen molar-refractivity contribution >= 4 is 0 Å². The number of hydrogen-bond donors (Lipinski definition) is 0. The van der Waals surface area contributed by atoms with Crippen LogP contribution in [0.1, 0.15) is 160 Å². The van der Waals surface area contributed by atoms with Crippen molar-refractivity contribution in [1.29, 1.82) is 0 Å². The molecule has 0 aliphatic carbocycles.